The van der Waals surface area contributed by atoms with Gasteiger partial charge in [0.1, 0.15) is 0 Å². The number of Topliss-reactive ketones (excluding diaryl/α,β-unsaturated/α-hetero) is 1. The Morgan fingerprint density at radius 1 is 1.18 bits per heavy atom. The minimum absolute atomic E-state index is 0.00177. The van der Waals surface area contributed by atoms with Gasteiger partial charge in [0.05, 0.1) is 18.2 Å². The molecule has 0 spiro atoms. The van der Waals surface area contributed by atoms with E-state index in [2.05, 4.69) is 9.97 Å². The number of aromatic amines is 1. The molecule has 3 rings (SSSR count). The van der Waals surface area contributed by atoms with Crippen LogP contribution in [0.25, 0.3) is 16.5 Å². The number of carbonyl (C=O) groups excluding carboxylic acids is 2. The quantitative estimate of drug-likeness (QED) is 0.663. The Morgan fingerprint density at radius 2 is 1.95 bits per heavy atom. The molecule has 2 heterocycles. The average molecular weight is 300 g/mol. The SMILES string of the molecule is COC1=CC(=O)C=C(c2cc3cnc(F)cc3[nH]c2=O)C1=O. The van der Waals surface area contributed by atoms with E-state index in [4.69, 9.17) is 4.74 Å². The maximum absolute atomic E-state index is 13.1. The van der Waals surface area contributed by atoms with Crippen LogP contribution in [0.2, 0.25) is 0 Å². The van der Waals surface area contributed by atoms with Gasteiger partial charge in [-0.05, 0) is 12.1 Å². The number of nitrogens with zero attached hydrogens (tertiary/aromatic N) is 1. The van der Waals surface area contributed by atoms with E-state index in [-0.39, 0.29) is 22.4 Å². The number of allylic oxidation sites excluding steroid dienone is 3. The van der Waals surface area contributed by atoms with Crippen LogP contribution in [-0.2, 0) is 14.3 Å². The summed E-state index contributed by atoms with van der Waals surface area (Å²) in [4.78, 5) is 41.9. The first-order valence-electron chi connectivity index (χ1n) is 6.24. The summed E-state index contributed by atoms with van der Waals surface area (Å²) in [7, 11) is 1.26. The van der Waals surface area contributed by atoms with Gasteiger partial charge in [0.15, 0.2) is 11.5 Å². The van der Waals surface area contributed by atoms with Crippen LogP contribution < -0.4 is 5.56 Å². The summed E-state index contributed by atoms with van der Waals surface area (Å²) in [5, 5.41) is 0.436. The van der Waals surface area contributed by atoms with E-state index in [1.54, 1.807) is 0 Å². The highest BCUT2D eigenvalue weighted by Gasteiger charge is 2.25. The number of H-pyrrole nitrogens is 1. The molecule has 1 aliphatic carbocycles. The van der Waals surface area contributed by atoms with Crippen LogP contribution in [-0.4, -0.2) is 28.6 Å². The van der Waals surface area contributed by atoms with Crippen LogP contribution in [0.4, 0.5) is 4.39 Å². The van der Waals surface area contributed by atoms with Gasteiger partial charge in [0, 0.05) is 29.3 Å². The Hall–Kier alpha value is -3.09. The largest absolute Gasteiger partial charge is 0.492 e. The zero-order valence-electron chi connectivity index (χ0n) is 11.3. The number of ketones is 2. The van der Waals surface area contributed by atoms with Crippen molar-refractivity contribution in [3.63, 3.8) is 0 Å². The van der Waals surface area contributed by atoms with Crippen LogP contribution in [0.1, 0.15) is 5.56 Å². The number of hydrogen-bond acceptors (Lipinski definition) is 5. The summed E-state index contributed by atoms with van der Waals surface area (Å²) >= 11 is 0. The smallest absolute Gasteiger partial charge is 0.256 e. The fourth-order valence-electron chi connectivity index (χ4n) is 2.20. The molecule has 0 radical (unpaired) electrons. The van der Waals surface area contributed by atoms with Gasteiger partial charge in [-0.25, -0.2) is 4.98 Å². The average Bonchev–Trinajstić information content (AvgIpc) is 2.48. The summed E-state index contributed by atoms with van der Waals surface area (Å²) in [5.74, 6) is -1.90. The first-order chi connectivity index (χ1) is 10.5. The van der Waals surface area contributed by atoms with E-state index in [1.165, 1.54) is 19.4 Å². The molecule has 0 bridgehead atoms. The predicted octanol–water partition coefficient (Wildman–Crippen LogP) is 1.13. The zero-order valence-corrected chi connectivity index (χ0v) is 11.3. The Bertz CT molecular complexity index is 940. The van der Waals surface area contributed by atoms with E-state index in [1.807, 2.05) is 0 Å². The minimum atomic E-state index is -0.733. The molecular weight excluding hydrogens is 291 g/mol. The van der Waals surface area contributed by atoms with Crippen molar-refractivity contribution in [1.29, 1.82) is 0 Å². The van der Waals surface area contributed by atoms with Crippen molar-refractivity contribution < 1.29 is 18.7 Å². The highest BCUT2D eigenvalue weighted by Crippen LogP contribution is 2.23. The van der Waals surface area contributed by atoms with Crippen molar-refractivity contribution in [2.24, 2.45) is 0 Å². The number of hydrogen-bond donors (Lipinski definition) is 1. The van der Waals surface area contributed by atoms with Crippen molar-refractivity contribution in [3.8, 4) is 0 Å². The van der Waals surface area contributed by atoms with E-state index < -0.39 is 23.1 Å². The second-order valence-corrected chi connectivity index (χ2v) is 4.61. The number of nitrogens with one attached hydrogen (secondary N) is 1. The van der Waals surface area contributed by atoms with Crippen molar-refractivity contribution >= 4 is 28.0 Å². The molecule has 22 heavy (non-hydrogen) atoms. The monoisotopic (exact) mass is 300 g/mol. The van der Waals surface area contributed by atoms with Crippen LogP contribution in [0.15, 0.2) is 41.0 Å². The normalized spacial score (nSPS) is 14.8. The first kappa shape index (κ1) is 13.9. The Morgan fingerprint density at radius 3 is 2.68 bits per heavy atom. The fraction of sp³-hybridized carbons (Fsp3) is 0.0667. The van der Waals surface area contributed by atoms with Crippen LogP contribution in [0.3, 0.4) is 0 Å². The van der Waals surface area contributed by atoms with E-state index in [9.17, 15) is 18.8 Å². The molecule has 2 aromatic heterocycles. The number of fused-ring (bicyclic) bond motifs is 1. The molecule has 0 aliphatic heterocycles. The zero-order chi connectivity index (χ0) is 15.9. The molecule has 0 aromatic carbocycles. The van der Waals surface area contributed by atoms with Crippen molar-refractivity contribution in [3.05, 3.63) is 58.1 Å². The number of methoxy groups -OCH3 is 1. The number of aromatic nitrogens is 2. The summed E-state index contributed by atoms with van der Waals surface area (Å²) < 4.78 is 17.9. The summed E-state index contributed by atoms with van der Waals surface area (Å²) in [6.45, 7) is 0. The lowest BCUT2D eigenvalue weighted by molar-refractivity contribution is -0.116. The molecule has 110 valence electrons. The summed E-state index contributed by atoms with van der Waals surface area (Å²) in [5.41, 5.74) is -0.430. The molecule has 7 heteroatoms. The number of rotatable bonds is 2. The maximum atomic E-state index is 13.1. The van der Waals surface area contributed by atoms with Crippen LogP contribution in [0, 0.1) is 5.95 Å². The number of pyridine rings is 2. The lowest BCUT2D eigenvalue weighted by Crippen LogP contribution is -2.21. The topological polar surface area (TPSA) is 89.1 Å². The highest BCUT2D eigenvalue weighted by molar-refractivity contribution is 6.35. The third kappa shape index (κ3) is 2.22. The third-order valence-corrected chi connectivity index (χ3v) is 3.23. The third-order valence-electron chi connectivity index (χ3n) is 3.23. The van der Waals surface area contributed by atoms with Gasteiger partial charge in [-0.2, -0.15) is 4.39 Å². The van der Waals surface area contributed by atoms with Crippen LogP contribution in [0.5, 0.6) is 0 Å². The molecule has 1 N–H and O–H groups in total. The van der Waals surface area contributed by atoms with E-state index in [0.29, 0.717) is 5.39 Å². The number of ether oxygens (including phenoxy) is 1. The van der Waals surface area contributed by atoms with Gasteiger partial charge >= 0.3 is 0 Å². The van der Waals surface area contributed by atoms with Gasteiger partial charge in [-0.1, -0.05) is 0 Å². The molecule has 0 saturated carbocycles. The molecular formula is C15H9FN2O4. The van der Waals surface area contributed by atoms with Gasteiger partial charge in [0.25, 0.3) is 5.56 Å². The van der Waals surface area contributed by atoms with E-state index in [0.717, 1.165) is 18.2 Å². The Balaban J connectivity index is 2.20. The second-order valence-electron chi connectivity index (χ2n) is 4.61. The number of carbonyl (C=O) groups is 2. The summed E-state index contributed by atoms with van der Waals surface area (Å²) in [6.07, 6.45) is 3.35. The predicted molar refractivity (Wildman–Crippen MR) is 75.4 cm³/mol. The van der Waals surface area contributed by atoms with Gasteiger partial charge in [-0.3, -0.25) is 14.4 Å². The molecule has 1 aliphatic rings. The van der Waals surface area contributed by atoms with Gasteiger partial charge in [-0.15, -0.1) is 0 Å². The lowest BCUT2D eigenvalue weighted by atomic mass is 9.95. The fourth-order valence-corrected chi connectivity index (χ4v) is 2.20. The molecule has 0 amide bonds. The van der Waals surface area contributed by atoms with Crippen molar-refractivity contribution in [2.45, 2.75) is 0 Å². The highest BCUT2D eigenvalue weighted by atomic mass is 19.1. The van der Waals surface area contributed by atoms with Gasteiger partial charge < -0.3 is 9.72 Å². The second kappa shape index (κ2) is 5.03. The Kier molecular flexibility index (Phi) is 3.17. The maximum Gasteiger partial charge on any atom is 0.256 e. The lowest BCUT2D eigenvalue weighted by Gasteiger charge is -2.12. The van der Waals surface area contributed by atoms with E-state index >= 15 is 0 Å². The van der Waals surface area contributed by atoms with Gasteiger partial charge in [0.2, 0.25) is 11.7 Å². The van der Waals surface area contributed by atoms with Crippen molar-refractivity contribution in [1.82, 2.24) is 9.97 Å². The Labute approximate surface area is 122 Å². The first-order valence-corrected chi connectivity index (χ1v) is 6.24. The molecule has 0 fully saturated rings. The standard InChI is InChI=1S/C15H9FN2O4/c1-22-12-4-8(19)3-9(14(12)20)10-2-7-6-17-13(16)5-11(7)18-15(10)21/h2-6H,1H3,(H,18,21). The molecule has 6 nitrogen and oxygen atoms in total. The molecule has 2 aromatic rings. The molecule has 0 atom stereocenters. The molecule has 0 saturated heterocycles. The van der Waals surface area contributed by atoms with Crippen LogP contribution >= 0.6 is 0 Å². The number of halogens is 1. The molecule has 0 unspecified atom stereocenters. The van der Waals surface area contributed by atoms with Crippen molar-refractivity contribution in [2.75, 3.05) is 7.11 Å². The summed E-state index contributed by atoms with van der Waals surface area (Å²) in [6, 6.07) is 2.46. The minimum Gasteiger partial charge on any atom is -0.492 e.